The first-order chi connectivity index (χ1) is 9.95. The molecule has 1 heterocycles. The van der Waals surface area contributed by atoms with Crippen LogP contribution in [0.15, 0.2) is 28.7 Å². The smallest absolute Gasteiger partial charge is 0.332 e. The molecule has 1 saturated heterocycles. The highest BCUT2D eigenvalue weighted by molar-refractivity contribution is 9.10. The summed E-state index contributed by atoms with van der Waals surface area (Å²) in [6, 6.07) is 5.59. The molecule has 0 aliphatic carbocycles. The lowest BCUT2D eigenvalue weighted by Gasteiger charge is -2.21. The number of carbonyl (C=O) groups excluding carboxylic acids is 3. The molecule has 1 fully saturated rings. The third-order valence-electron chi connectivity index (χ3n) is 3.15. The number of urea groups is 1. The number of imide groups is 1. The maximum atomic E-state index is 12.4. The summed E-state index contributed by atoms with van der Waals surface area (Å²) in [5, 5.41) is 0. The third-order valence-corrected chi connectivity index (χ3v) is 3.68. The SMILES string of the molecule is CCOC(=O)[C@@H](C)N1C(=O)CN(c2ccc(Br)cc2)C1=O. The molecule has 0 radical (unpaired) electrons. The lowest BCUT2D eigenvalue weighted by atomic mass is 10.3. The highest BCUT2D eigenvalue weighted by Gasteiger charge is 2.42. The Morgan fingerprint density at radius 2 is 1.95 bits per heavy atom. The topological polar surface area (TPSA) is 66.9 Å². The van der Waals surface area contributed by atoms with Crippen molar-refractivity contribution in [3.8, 4) is 0 Å². The lowest BCUT2D eigenvalue weighted by molar-refractivity contribution is -0.150. The van der Waals surface area contributed by atoms with Crippen LogP contribution in [0.4, 0.5) is 10.5 Å². The maximum absolute atomic E-state index is 12.4. The summed E-state index contributed by atoms with van der Waals surface area (Å²) in [6.07, 6.45) is 0. The number of esters is 1. The summed E-state index contributed by atoms with van der Waals surface area (Å²) in [4.78, 5) is 38.4. The van der Waals surface area contributed by atoms with Crippen LogP contribution in [0.3, 0.4) is 0 Å². The Kier molecular flexibility index (Phi) is 4.62. The Hall–Kier alpha value is -1.89. The van der Waals surface area contributed by atoms with E-state index in [0.29, 0.717) is 5.69 Å². The van der Waals surface area contributed by atoms with E-state index in [1.165, 1.54) is 11.8 Å². The lowest BCUT2D eigenvalue weighted by Crippen LogP contribution is -2.44. The van der Waals surface area contributed by atoms with Crippen molar-refractivity contribution in [2.24, 2.45) is 0 Å². The van der Waals surface area contributed by atoms with Crippen molar-refractivity contribution in [3.05, 3.63) is 28.7 Å². The molecule has 1 aromatic carbocycles. The summed E-state index contributed by atoms with van der Waals surface area (Å²) in [5.74, 6) is -1.000. The van der Waals surface area contributed by atoms with Crippen molar-refractivity contribution in [1.29, 1.82) is 0 Å². The second-order valence-electron chi connectivity index (χ2n) is 4.54. The molecule has 1 aliphatic heterocycles. The summed E-state index contributed by atoms with van der Waals surface area (Å²) < 4.78 is 5.74. The molecule has 0 unspecified atom stereocenters. The molecule has 0 bridgehead atoms. The number of nitrogens with zero attached hydrogens (tertiary/aromatic N) is 2. The van der Waals surface area contributed by atoms with Gasteiger partial charge in [0, 0.05) is 10.2 Å². The second-order valence-corrected chi connectivity index (χ2v) is 5.45. The average Bonchev–Trinajstić information content (AvgIpc) is 2.74. The molecule has 3 amide bonds. The molecule has 0 spiro atoms. The number of carbonyl (C=O) groups is 3. The number of rotatable bonds is 4. The number of anilines is 1. The minimum atomic E-state index is -0.926. The van der Waals surface area contributed by atoms with Crippen LogP contribution >= 0.6 is 15.9 Å². The van der Waals surface area contributed by atoms with Crippen LogP contribution in [-0.4, -0.2) is 42.0 Å². The van der Waals surface area contributed by atoms with Crippen molar-refractivity contribution < 1.29 is 19.1 Å². The van der Waals surface area contributed by atoms with E-state index in [1.54, 1.807) is 31.2 Å². The van der Waals surface area contributed by atoms with E-state index in [9.17, 15) is 14.4 Å². The molecule has 0 N–H and O–H groups in total. The monoisotopic (exact) mass is 354 g/mol. The Bertz CT molecular complexity index is 573. The zero-order valence-electron chi connectivity index (χ0n) is 11.7. The van der Waals surface area contributed by atoms with Crippen LogP contribution in [-0.2, 0) is 14.3 Å². The van der Waals surface area contributed by atoms with Crippen molar-refractivity contribution in [2.45, 2.75) is 19.9 Å². The predicted molar refractivity (Wildman–Crippen MR) is 79.8 cm³/mol. The van der Waals surface area contributed by atoms with E-state index in [1.807, 2.05) is 0 Å². The van der Waals surface area contributed by atoms with Gasteiger partial charge in [-0.25, -0.2) is 14.5 Å². The minimum absolute atomic E-state index is 0.0792. The van der Waals surface area contributed by atoms with Gasteiger partial charge in [-0.2, -0.15) is 0 Å². The fourth-order valence-corrected chi connectivity index (χ4v) is 2.35. The second kappa shape index (κ2) is 6.26. The Morgan fingerprint density at radius 3 is 2.52 bits per heavy atom. The fourth-order valence-electron chi connectivity index (χ4n) is 2.09. The zero-order chi connectivity index (χ0) is 15.6. The molecular weight excluding hydrogens is 340 g/mol. The van der Waals surface area contributed by atoms with E-state index in [0.717, 1.165) is 9.37 Å². The van der Waals surface area contributed by atoms with Gasteiger partial charge in [-0.3, -0.25) is 9.69 Å². The van der Waals surface area contributed by atoms with Gasteiger partial charge in [0.15, 0.2) is 0 Å². The normalized spacial score (nSPS) is 16.3. The highest BCUT2D eigenvalue weighted by atomic mass is 79.9. The predicted octanol–water partition coefficient (Wildman–Crippen LogP) is 2.17. The van der Waals surface area contributed by atoms with Gasteiger partial charge in [0.1, 0.15) is 12.6 Å². The van der Waals surface area contributed by atoms with Gasteiger partial charge in [0.05, 0.1) is 6.61 Å². The third kappa shape index (κ3) is 3.07. The summed E-state index contributed by atoms with van der Waals surface area (Å²) in [7, 11) is 0. The largest absolute Gasteiger partial charge is 0.464 e. The first kappa shape index (κ1) is 15.5. The number of hydrogen-bond donors (Lipinski definition) is 0. The molecule has 0 saturated carbocycles. The van der Waals surface area contributed by atoms with Crippen molar-refractivity contribution in [3.63, 3.8) is 0 Å². The first-order valence-electron chi connectivity index (χ1n) is 6.51. The molecule has 2 rings (SSSR count). The van der Waals surface area contributed by atoms with E-state index in [2.05, 4.69) is 15.9 Å². The van der Waals surface area contributed by atoms with Crippen molar-refractivity contribution in [1.82, 2.24) is 4.90 Å². The molecule has 0 aromatic heterocycles. The van der Waals surface area contributed by atoms with Gasteiger partial charge >= 0.3 is 12.0 Å². The van der Waals surface area contributed by atoms with Crippen LogP contribution < -0.4 is 4.90 Å². The number of amides is 3. The van der Waals surface area contributed by atoms with Crippen LogP contribution in [0.2, 0.25) is 0 Å². The Morgan fingerprint density at radius 1 is 1.33 bits per heavy atom. The molecule has 1 aliphatic rings. The molecule has 21 heavy (non-hydrogen) atoms. The average molecular weight is 355 g/mol. The van der Waals surface area contributed by atoms with Crippen molar-refractivity contribution >= 4 is 39.5 Å². The van der Waals surface area contributed by atoms with Crippen LogP contribution in [0.5, 0.6) is 0 Å². The Labute approximate surface area is 130 Å². The first-order valence-corrected chi connectivity index (χ1v) is 7.30. The number of hydrogen-bond acceptors (Lipinski definition) is 4. The number of benzene rings is 1. The molecule has 1 aromatic rings. The van der Waals surface area contributed by atoms with Gasteiger partial charge in [-0.05, 0) is 38.1 Å². The maximum Gasteiger partial charge on any atom is 0.332 e. The van der Waals surface area contributed by atoms with E-state index >= 15 is 0 Å². The van der Waals surface area contributed by atoms with Crippen LogP contribution in [0.1, 0.15) is 13.8 Å². The number of ether oxygens (including phenoxy) is 1. The minimum Gasteiger partial charge on any atom is -0.464 e. The summed E-state index contributed by atoms with van der Waals surface area (Å²) in [5.41, 5.74) is 0.607. The number of halogens is 1. The molecule has 7 heteroatoms. The van der Waals surface area contributed by atoms with Crippen LogP contribution in [0.25, 0.3) is 0 Å². The van der Waals surface area contributed by atoms with Gasteiger partial charge in [0.25, 0.3) is 5.91 Å². The molecule has 6 nitrogen and oxygen atoms in total. The van der Waals surface area contributed by atoms with Crippen molar-refractivity contribution in [2.75, 3.05) is 18.1 Å². The van der Waals surface area contributed by atoms with Gasteiger partial charge in [-0.15, -0.1) is 0 Å². The zero-order valence-corrected chi connectivity index (χ0v) is 13.3. The molecular formula is C14H15BrN2O4. The van der Waals surface area contributed by atoms with Gasteiger partial charge in [0.2, 0.25) is 0 Å². The Balaban J connectivity index is 2.20. The molecule has 112 valence electrons. The fraction of sp³-hybridized carbons (Fsp3) is 0.357. The van der Waals surface area contributed by atoms with E-state index in [-0.39, 0.29) is 13.2 Å². The van der Waals surface area contributed by atoms with E-state index < -0.39 is 23.9 Å². The van der Waals surface area contributed by atoms with Crippen LogP contribution in [0, 0.1) is 0 Å². The van der Waals surface area contributed by atoms with Gasteiger partial charge < -0.3 is 4.74 Å². The summed E-state index contributed by atoms with van der Waals surface area (Å²) >= 11 is 3.31. The molecule has 1 atom stereocenters. The highest BCUT2D eigenvalue weighted by Crippen LogP contribution is 2.24. The summed E-state index contributed by atoms with van der Waals surface area (Å²) in [6.45, 7) is 3.28. The van der Waals surface area contributed by atoms with Gasteiger partial charge in [-0.1, -0.05) is 15.9 Å². The van der Waals surface area contributed by atoms with E-state index in [4.69, 9.17) is 4.74 Å². The quantitative estimate of drug-likeness (QED) is 0.613. The standard InChI is InChI=1S/C14H15BrN2O4/c1-3-21-13(19)9(2)17-12(18)8-16(14(17)20)11-6-4-10(15)5-7-11/h4-7,9H,3,8H2,1-2H3/t9-/m1/s1.